The minimum Gasteiger partial charge on any atom is -0.493 e. The molecule has 0 unspecified atom stereocenters. The van der Waals surface area contributed by atoms with E-state index in [0.29, 0.717) is 12.0 Å². The van der Waals surface area contributed by atoms with Crippen molar-refractivity contribution in [1.29, 1.82) is 0 Å². The molecule has 2 rings (SSSR count). The molecule has 0 aromatic heterocycles. The van der Waals surface area contributed by atoms with Crippen LogP contribution in [0.4, 0.5) is 0 Å². The monoisotopic (exact) mass is 333 g/mol. The van der Waals surface area contributed by atoms with Gasteiger partial charge in [0.1, 0.15) is 5.75 Å². The minimum absolute atomic E-state index is 0.461. The molecule has 0 bridgehead atoms. The predicted molar refractivity (Wildman–Crippen MR) is 101 cm³/mol. The largest absolute Gasteiger partial charge is 0.493 e. The SMILES string of the molecule is Cc1ccc(C(C)C)c(OCCCCCCNC[C@@H]2CCCO2)c1. The van der Waals surface area contributed by atoms with Gasteiger partial charge in [0.05, 0.1) is 12.7 Å². The first-order valence-corrected chi connectivity index (χ1v) is 9.72. The van der Waals surface area contributed by atoms with E-state index in [0.717, 1.165) is 38.5 Å². The van der Waals surface area contributed by atoms with Crippen molar-refractivity contribution in [3.63, 3.8) is 0 Å². The van der Waals surface area contributed by atoms with Crippen LogP contribution in [0.5, 0.6) is 5.75 Å². The Kier molecular flexibility index (Phi) is 8.62. The van der Waals surface area contributed by atoms with Crippen molar-refractivity contribution in [2.24, 2.45) is 0 Å². The summed E-state index contributed by atoms with van der Waals surface area (Å²) in [6, 6.07) is 6.55. The maximum atomic E-state index is 6.04. The lowest BCUT2D eigenvalue weighted by Gasteiger charge is -2.15. The number of nitrogens with one attached hydrogen (secondary N) is 1. The molecule has 1 saturated heterocycles. The number of aryl methyl sites for hydroxylation is 1. The summed E-state index contributed by atoms with van der Waals surface area (Å²) in [7, 11) is 0. The van der Waals surface area contributed by atoms with E-state index in [4.69, 9.17) is 9.47 Å². The van der Waals surface area contributed by atoms with E-state index in [9.17, 15) is 0 Å². The maximum absolute atomic E-state index is 6.04. The van der Waals surface area contributed by atoms with Gasteiger partial charge < -0.3 is 14.8 Å². The van der Waals surface area contributed by atoms with Gasteiger partial charge in [0.25, 0.3) is 0 Å². The van der Waals surface area contributed by atoms with Crippen LogP contribution in [-0.2, 0) is 4.74 Å². The van der Waals surface area contributed by atoms with Crippen LogP contribution in [0.25, 0.3) is 0 Å². The Labute approximate surface area is 148 Å². The van der Waals surface area contributed by atoms with Crippen LogP contribution >= 0.6 is 0 Å². The number of hydrogen-bond acceptors (Lipinski definition) is 3. The summed E-state index contributed by atoms with van der Waals surface area (Å²) in [6.07, 6.45) is 7.80. The third kappa shape index (κ3) is 6.82. The Balaban J connectivity index is 1.51. The standard InChI is InChI=1S/C21H35NO2/c1-17(2)20-11-10-18(3)15-21(20)24-13-7-5-4-6-12-22-16-19-9-8-14-23-19/h10-11,15,17,19,22H,4-9,12-14,16H2,1-3H3/t19-/m0/s1. The van der Waals surface area contributed by atoms with E-state index in [1.54, 1.807) is 0 Å². The molecule has 24 heavy (non-hydrogen) atoms. The first kappa shape index (κ1) is 19.3. The molecule has 1 aromatic rings. The lowest BCUT2D eigenvalue weighted by molar-refractivity contribution is 0.110. The second-order valence-corrected chi connectivity index (χ2v) is 7.30. The number of benzene rings is 1. The molecule has 0 spiro atoms. The Morgan fingerprint density at radius 3 is 2.79 bits per heavy atom. The summed E-state index contributed by atoms with van der Waals surface area (Å²) in [4.78, 5) is 0. The quantitative estimate of drug-likeness (QED) is 0.589. The van der Waals surface area contributed by atoms with Crippen LogP contribution in [0.1, 0.15) is 69.4 Å². The van der Waals surface area contributed by atoms with Gasteiger partial charge in [-0.3, -0.25) is 0 Å². The fraction of sp³-hybridized carbons (Fsp3) is 0.714. The normalized spacial score (nSPS) is 17.6. The number of ether oxygens (including phenoxy) is 2. The zero-order chi connectivity index (χ0) is 17.2. The highest BCUT2D eigenvalue weighted by Gasteiger charge is 2.14. The lowest BCUT2D eigenvalue weighted by atomic mass is 10.0. The van der Waals surface area contributed by atoms with Crippen molar-refractivity contribution in [2.75, 3.05) is 26.3 Å². The molecule has 0 amide bonds. The zero-order valence-corrected chi connectivity index (χ0v) is 15.8. The van der Waals surface area contributed by atoms with Gasteiger partial charge in [-0.25, -0.2) is 0 Å². The average Bonchev–Trinajstić information content (AvgIpc) is 3.06. The van der Waals surface area contributed by atoms with Crippen LogP contribution in [0.15, 0.2) is 18.2 Å². The molecular formula is C21H35NO2. The van der Waals surface area contributed by atoms with Crippen molar-refractivity contribution in [3.8, 4) is 5.75 Å². The molecule has 1 N–H and O–H groups in total. The first-order valence-electron chi connectivity index (χ1n) is 9.72. The number of hydrogen-bond donors (Lipinski definition) is 1. The summed E-state index contributed by atoms with van der Waals surface area (Å²) in [5.41, 5.74) is 2.59. The topological polar surface area (TPSA) is 30.5 Å². The number of unbranched alkanes of at least 4 members (excludes halogenated alkanes) is 3. The summed E-state index contributed by atoms with van der Waals surface area (Å²) >= 11 is 0. The summed E-state index contributed by atoms with van der Waals surface area (Å²) in [5, 5.41) is 3.51. The molecule has 1 fully saturated rings. The molecule has 136 valence electrons. The Bertz CT molecular complexity index is 467. The van der Waals surface area contributed by atoms with Gasteiger partial charge in [-0.1, -0.05) is 38.8 Å². The third-order valence-electron chi connectivity index (χ3n) is 4.69. The van der Waals surface area contributed by atoms with Gasteiger partial charge in [-0.2, -0.15) is 0 Å². The lowest BCUT2D eigenvalue weighted by Crippen LogP contribution is -2.26. The third-order valence-corrected chi connectivity index (χ3v) is 4.69. The van der Waals surface area contributed by atoms with Gasteiger partial charge in [0.15, 0.2) is 0 Å². The Hall–Kier alpha value is -1.06. The highest BCUT2D eigenvalue weighted by molar-refractivity contribution is 5.39. The van der Waals surface area contributed by atoms with Gasteiger partial charge in [-0.05, 0) is 62.3 Å². The van der Waals surface area contributed by atoms with E-state index in [-0.39, 0.29) is 0 Å². The van der Waals surface area contributed by atoms with E-state index in [1.165, 1.54) is 43.2 Å². The smallest absolute Gasteiger partial charge is 0.122 e. The molecule has 1 aliphatic rings. The highest BCUT2D eigenvalue weighted by atomic mass is 16.5. The van der Waals surface area contributed by atoms with Crippen molar-refractivity contribution in [1.82, 2.24) is 5.32 Å². The second kappa shape index (κ2) is 10.7. The van der Waals surface area contributed by atoms with Crippen molar-refractivity contribution in [3.05, 3.63) is 29.3 Å². The van der Waals surface area contributed by atoms with E-state index >= 15 is 0 Å². The molecule has 1 atom stereocenters. The van der Waals surface area contributed by atoms with Crippen LogP contribution < -0.4 is 10.1 Å². The van der Waals surface area contributed by atoms with Gasteiger partial charge in [-0.15, -0.1) is 0 Å². The van der Waals surface area contributed by atoms with Crippen molar-refractivity contribution < 1.29 is 9.47 Å². The molecule has 0 saturated carbocycles. The highest BCUT2D eigenvalue weighted by Crippen LogP contribution is 2.27. The first-order chi connectivity index (χ1) is 11.7. The van der Waals surface area contributed by atoms with E-state index in [2.05, 4.69) is 44.3 Å². The van der Waals surface area contributed by atoms with E-state index in [1.807, 2.05) is 0 Å². The van der Waals surface area contributed by atoms with Gasteiger partial charge in [0, 0.05) is 13.2 Å². The Morgan fingerprint density at radius 2 is 2.04 bits per heavy atom. The molecule has 0 radical (unpaired) electrons. The van der Waals surface area contributed by atoms with Gasteiger partial charge >= 0.3 is 0 Å². The van der Waals surface area contributed by atoms with Crippen molar-refractivity contribution >= 4 is 0 Å². The second-order valence-electron chi connectivity index (χ2n) is 7.30. The Morgan fingerprint density at radius 1 is 1.21 bits per heavy atom. The molecule has 0 aliphatic carbocycles. The molecule has 3 nitrogen and oxygen atoms in total. The fourth-order valence-corrected chi connectivity index (χ4v) is 3.20. The number of rotatable bonds is 11. The van der Waals surface area contributed by atoms with Crippen molar-refractivity contribution in [2.45, 2.75) is 71.3 Å². The minimum atomic E-state index is 0.461. The van der Waals surface area contributed by atoms with E-state index < -0.39 is 0 Å². The summed E-state index contributed by atoms with van der Waals surface area (Å²) in [6.45, 7) is 10.5. The average molecular weight is 334 g/mol. The fourth-order valence-electron chi connectivity index (χ4n) is 3.20. The molecule has 1 aliphatic heterocycles. The zero-order valence-electron chi connectivity index (χ0n) is 15.8. The summed E-state index contributed by atoms with van der Waals surface area (Å²) in [5.74, 6) is 1.58. The maximum Gasteiger partial charge on any atom is 0.122 e. The van der Waals surface area contributed by atoms with Gasteiger partial charge in [0.2, 0.25) is 0 Å². The van der Waals surface area contributed by atoms with Crippen LogP contribution in [0.2, 0.25) is 0 Å². The predicted octanol–water partition coefficient (Wildman–Crippen LogP) is 4.83. The molecule has 1 heterocycles. The molecular weight excluding hydrogens is 298 g/mol. The van der Waals surface area contributed by atoms with Crippen LogP contribution in [0.3, 0.4) is 0 Å². The molecule has 1 aromatic carbocycles. The summed E-state index contributed by atoms with van der Waals surface area (Å²) < 4.78 is 11.7. The van der Waals surface area contributed by atoms with Crippen LogP contribution in [0, 0.1) is 6.92 Å². The molecule has 3 heteroatoms. The van der Waals surface area contributed by atoms with Crippen LogP contribution in [-0.4, -0.2) is 32.4 Å².